The van der Waals surface area contributed by atoms with E-state index >= 15 is 0 Å². The van der Waals surface area contributed by atoms with Crippen LogP contribution in [0, 0.1) is 0 Å². The van der Waals surface area contributed by atoms with Crippen LogP contribution in [0.1, 0.15) is 36.3 Å². The maximum atomic E-state index is 12.0. The van der Waals surface area contributed by atoms with Gasteiger partial charge >= 0.3 is 0 Å². The van der Waals surface area contributed by atoms with Crippen LogP contribution in [0.15, 0.2) is 42.5 Å². The highest BCUT2D eigenvalue weighted by molar-refractivity contribution is 5.78. The third-order valence-corrected chi connectivity index (χ3v) is 5.07. The quantitative estimate of drug-likeness (QED) is 0.929. The standard InChI is InChI=1S/C20H21NO4/c1-24-17-8-4-6-15-13(11-12-21-18(22)9-10-19(21)23)14-5-2-3-7-16(14)25-20(15)17/h2-8,13,18,22H,9-12H2,1H3. The lowest BCUT2D eigenvalue weighted by atomic mass is 9.85. The van der Waals surface area contributed by atoms with Crippen molar-refractivity contribution in [2.24, 2.45) is 0 Å². The van der Waals surface area contributed by atoms with Gasteiger partial charge in [-0.1, -0.05) is 30.3 Å². The van der Waals surface area contributed by atoms with E-state index in [-0.39, 0.29) is 11.8 Å². The molecule has 2 aliphatic heterocycles. The van der Waals surface area contributed by atoms with E-state index in [1.807, 2.05) is 36.4 Å². The van der Waals surface area contributed by atoms with Crippen molar-refractivity contribution in [3.8, 4) is 17.2 Å². The first-order chi connectivity index (χ1) is 12.2. The van der Waals surface area contributed by atoms with Gasteiger partial charge in [0.1, 0.15) is 12.0 Å². The Balaban J connectivity index is 1.68. The number of hydrogen-bond acceptors (Lipinski definition) is 4. The van der Waals surface area contributed by atoms with E-state index in [9.17, 15) is 9.90 Å². The summed E-state index contributed by atoms with van der Waals surface area (Å²) in [6, 6.07) is 13.8. The normalized spacial score (nSPS) is 21.5. The molecule has 1 N–H and O–H groups in total. The monoisotopic (exact) mass is 339 g/mol. The molecule has 0 bridgehead atoms. The molecule has 2 aromatic carbocycles. The van der Waals surface area contributed by atoms with E-state index in [1.54, 1.807) is 12.0 Å². The highest BCUT2D eigenvalue weighted by Crippen LogP contribution is 2.49. The second kappa shape index (κ2) is 6.41. The van der Waals surface area contributed by atoms with E-state index in [0.29, 0.717) is 25.1 Å². The molecule has 130 valence electrons. The molecular weight excluding hydrogens is 318 g/mol. The Kier molecular flexibility index (Phi) is 4.09. The first kappa shape index (κ1) is 16.0. The van der Waals surface area contributed by atoms with Gasteiger partial charge in [-0.05, 0) is 18.6 Å². The average Bonchev–Trinajstić information content (AvgIpc) is 2.96. The minimum absolute atomic E-state index is 0.0266. The number of carbonyl (C=O) groups excluding carboxylic acids is 1. The third-order valence-electron chi connectivity index (χ3n) is 5.07. The Labute approximate surface area is 146 Å². The van der Waals surface area contributed by atoms with E-state index < -0.39 is 6.23 Å². The number of aliphatic hydroxyl groups excluding tert-OH is 1. The number of methoxy groups -OCH3 is 1. The minimum Gasteiger partial charge on any atom is -0.493 e. The van der Waals surface area contributed by atoms with Crippen LogP contribution >= 0.6 is 0 Å². The number of aliphatic hydroxyl groups is 1. The van der Waals surface area contributed by atoms with Crippen LogP contribution in [0.4, 0.5) is 0 Å². The van der Waals surface area contributed by atoms with Crippen molar-refractivity contribution in [2.45, 2.75) is 31.4 Å². The molecule has 2 unspecified atom stereocenters. The molecule has 2 aromatic rings. The Morgan fingerprint density at radius 2 is 2.00 bits per heavy atom. The van der Waals surface area contributed by atoms with Crippen LogP contribution < -0.4 is 9.47 Å². The first-order valence-electron chi connectivity index (χ1n) is 8.60. The molecule has 2 aliphatic rings. The molecule has 0 spiro atoms. The number of para-hydroxylation sites is 2. The zero-order chi connectivity index (χ0) is 17.4. The fourth-order valence-corrected chi connectivity index (χ4v) is 3.79. The van der Waals surface area contributed by atoms with Crippen molar-refractivity contribution in [2.75, 3.05) is 13.7 Å². The number of amides is 1. The van der Waals surface area contributed by atoms with Crippen molar-refractivity contribution in [3.05, 3.63) is 53.6 Å². The molecule has 0 aliphatic carbocycles. The van der Waals surface area contributed by atoms with Crippen LogP contribution in [-0.4, -0.2) is 35.8 Å². The molecule has 0 aromatic heterocycles. The number of ether oxygens (including phenoxy) is 2. The van der Waals surface area contributed by atoms with Crippen LogP contribution in [0.2, 0.25) is 0 Å². The van der Waals surface area contributed by atoms with Crippen molar-refractivity contribution in [1.82, 2.24) is 4.90 Å². The van der Waals surface area contributed by atoms with Gasteiger partial charge in [-0.15, -0.1) is 0 Å². The predicted octanol–water partition coefficient (Wildman–Crippen LogP) is 3.26. The van der Waals surface area contributed by atoms with Crippen LogP contribution in [0.3, 0.4) is 0 Å². The second-order valence-corrected chi connectivity index (χ2v) is 6.47. The number of carbonyl (C=O) groups is 1. The molecule has 25 heavy (non-hydrogen) atoms. The lowest BCUT2D eigenvalue weighted by Crippen LogP contribution is -2.34. The Hall–Kier alpha value is -2.53. The highest BCUT2D eigenvalue weighted by Gasteiger charge is 2.33. The predicted molar refractivity (Wildman–Crippen MR) is 92.9 cm³/mol. The van der Waals surface area contributed by atoms with Crippen molar-refractivity contribution in [3.63, 3.8) is 0 Å². The summed E-state index contributed by atoms with van der Waals surface area (Å²) < 4.78 is 11.5. The maximum absolute atomic E-state index is 12.0. The van der Waals surface area contributed by atoms with Gasteiger partial charge in [-0.25, -0.2) is 0 Å². The molecule has 0 saturated carbocycles. The molecule has 0 radical (unpaired) electrons. The molecule has 2 atom stereocenters. The van der Waals surface area contributed by atoms with Gasteiger partial charge in [0.2, 0.25) is 5.91 Å². The third kappa shape index (κ3) is 2.74. The Morgan fingerprint density at radius 1 is 1.20 bits per heavy atom. The van der Waals surface area contributed by atoms with Crippen LogP contribution in [-0.2, 0) is 4.79 Å². The summed E-state index contributed by atoms with van der Waals surface area (Å²) >= 11 is 0. The summed E-state index contributed by atoms with van der Waals surface area (Å²) in [4.78, 5) is 13.6. The SMILES string of the molecule is COc1cccc2c1Oc1ccccc1C2CCN1C(=O)CCC1O. The lowest BCUT2D eigenvalue weighted by molar-refractivity contribution is -0.133. The smallest absolute Gasteiger partial charge is 0.224 e. The zero-order valence-corrected chi connectivity index (χ0v) is 14.1. The highest BCUT2D eigenvalue weighted by atomic mass is 16.5. The summed E-state index contributed by atoms with van der Waals surface area (Å²) in [7, 11) is 1.63. The fraction of sp³-hybridized carbons (Fsp3) is 0.350. The Bertz CT molecular complexity index is 804. The van der Waals surface area contributed by atoms with Crippen LogP contribution in [0.5, 0.6) is 17.2 Å². The van der Waals surface area contributed by atoms with Gasteiger partial charge in [-0.2, -0.15) is 0 Å². The van der Waals surface area contributed by atoms with Gasteiger partial charge < -0.3 is 19.5 Å². The maximum Gasteiger partial charge on any atom is 0.224 e. The number of nitrogens with zero attached hydrogens (tertiary/aromatic N) is 1. The number of rotatable bonds is 4. The number of hydrogen-bond donors (Lipinski definition) is 1. The number of benzene rings is 2. The summed E-state index contributed by atoms with van der Waals surface area (Å²) in [5, 5.41) is 10.0. The van der Waals surface area contributed by atoms with Crippen LogP contribution in [0.25, 0.3) is 0 Å². The number of likely N-dealkylation sites (tertiary alicyclic amines) is 1. The van der Waals surface area contributed by atoms with E-state index in [0.717, 1.165) is 29.0 Å². The molecule has 2 heterocycles. The van der Waals surface area contributed by atoms with Crippen molar-refractivity contribution >= 4 is 5.91 Å². The first-order valence-corrected chi connectivity index (χ1v) is 8.60. The minimum atomic E-state index is -0.660. The molecule has 1 saturated heterocycles. The summed E-state index contributed by atoms with van der Waals surface area (Å²) in [5.41, 5.74) is 2.16. The molecular formula is C20H21NO4. The zero-order valence-electron chi connectivity index (χ0n) is 14.1. The van der Waals surface area contributed by atoms with E-state index in [1.165, 1.54) is 0 Å². The van der Waals surface area contributed by atoms with Gasteiger partial charge in [0.05, 0.1) is 7.11 Å². The summed E-state index contributed by atoms with van der Waals surface area (Å²) in [5.74, 6) is 2.38. The topological polar surface area (TPSA) is 59.0 Å². The van der Waals surface area contributed by atoms with E-state index in [2.05, 4.69) is 6.07 Å². The fourth-order valence-electron chi connectivity index (χ4n) is 3.79. The largest absolute Gasteiger partial charge is 0.493 e. The molecule has 1 amide bonds. The molecule has 4 rings (SSSR count). The summed E-state index contributed by atoms with van der Waals surface area (Å²) in [6.45, 7) is 0.523. The lowest BCUT2D eigenvalue weighted by Gasteiger charge is -2.31. The molecule has 5 nitrogen and oxygen atoms in total. The van der Waals surface area contributed by atoms with Gasteiger partial charge in [-0.3, -0.25) is 4.79 Å². The van der Waals surface area contributed by atoms with Crippen molar-refractivity contribution < 1.29 is 19.4 Å². The average molecular weight is 339 g/mol. The molecule has 1 fully saturated rings. The van der Waals surface area contributed by atoms with Gasteiger partial charge in [0.15, 0.2) is 11.5 Å². The summed E-state index contributed by atoms with van der Waals surface area (Å²) in [6.07, 6.45) is 1.01. The second-order valence-electron chi connectivity index (χ2n) is 6.47. The van der Waals surface area contributed by atoms with Gasteiger partial charge in [0.25, 0.3) is 0 Å². The Morgan fingerprint density at radius 3 is 2.76 bits per heavy atom. The molecule has 5 heteroatoms. The van der Waals surface area contributed by atoms with Crippen molar-refractivity contribution in [1.29, 1.82) is 0 Å². The van der Waals surface area contributed by atoms with Gasteiger partial charge in [0, 0.05) is 36.4 Å². The van der Waals surface area contributed by atoms with E-state index in [4.69, 9.17) is 9.47 Å². The number of fused-ring (bicyclic) bond motifs is 2.